The first-order valence-electron chi connectivity index (χ1n) is 6.88. The number of hydrogen-bond acceptors (Lipinski definition) is 3. The molecule has 112 valence electrons. The van der Waals surface area contributed by atoms with Crippen molar-refractivity contribution in [2.75, 3.05) is 11.9 Å². The van der Waals surface area contributed by atoms with Crippen molar-refractivity contribution in [3.05, 3.63) is 40.7 Å². The van der Waals surface area contributed by atoms with Gasteiger partial charge in [-0.05, 0) is 51.0 Å². The molecule has 1 aromatic carbocycles. The highest BCUT2D eigenvalue weighted by Gasteiger charge is 2.12. The lowest BCUT2D eigenvalue weighted by Gasteiger charge is -2.09. The van der Waals surface area contributed by atoms with Crippen LogP contribution in [0.1, 0.15) is 22.5 Å². The van der Waals surface area contributed by atoms with Gasteiger partial charge in [0.15, 0.2) is 6.61 Å². The van der Waals surface area contributed by atoms with Gasteiger partial charge in [-0.3, -0.25) is 9.48 Å². The molecule has 1 heterocycles. The summed E-state index contributed by atoms with van der Waals surface area (Å²) >= 11 is 0. The van der Waals surface area contributed by atoms with Crippen LogP contribution in [0.2, 0.25) is 0 Å². The monoisotopic (exact) mass is 287 g/mol. The zero-order chi connectivity index (χ0) is 15.6. The van der Waals surface area contributed by atoms with Crippen molar-refractivity contribution < 1.29 is 9.53 Å². The Labute approximate surface area is 124 Å². The first-order chi connectivity index (χ1) is 9.86. The summed E-state index contributed by atoms with van der Waals surface area (Å²) in [5.74, 6) is 0.524. The van der Waals surface area contributed by atoms with Crippen LogP contribution in [0.25, 0.3) is 0 Å². The van der Waals surface area contributed by atoms with Crippen molar-refractivity contribution in [1.29, 1.82) is 0 Å². The lowest BCUT2D eigenvalue weighted by atomic mass is 10.1. The largest absolute Gasteiger partial charge is 0.484 e. The Balaban J connectivity index is 1.99. The number of rotatable bonds is 4. The summed E-state index contributed by atoms with van der Waals surface area (Å²) in [4.78, 5) is 12.0. The first-order valence-corrected chi connectivity index (χ1v) is 6.88. The highest BCUT2D eigenvalue weighted by molar-refractivity contribution is 5.93. The topological polar surface area (TPSA) is 56.1 Å². The van der Waals surface area contributed by atoms with Gasteiger partial charge in [-0.1, -0.05) is 6.07 Å². The van der Waals surface area contributed by atoms with E-state index in [1.165, 1.54) is 0 Å². The smallest absolute Gasteiger partial charge is 0.262 e. The maximum absolute atomic E-state index is 12.0. The summed E-state index contributed by atoms with van der Waals surface area (Å²) in [5, 5.41) is 7.12. The highest BCUT2D eigenvalue weighted by Crippen LogP contribution is 2.19. The normalized spacial score (nSPS) is 10.5. The van der Waals surface area contributed by atoms with Gasteiger partial charge in [0.05, 0.1) is 17.1 Å². The number of aryl methyl sites for hydroxylation is 4. The molecule has 2 rings (SSSR count). The SMILES string of the molecule is Cc1cc(C)cc(OCC(=O)Nc2c(C)nn(C)c2C)c1. The second kappa shape index (κ2) is 5.99. The van der Waals surface area contributed by atoms with E-state index in [-0.39, 0.29) is 12.5 Å². The third-order valence-electron chi connectivity index (χ3n) is 3.34. The van der Waals surface area contributed by atoms with Gasteiger partial charge in [0, 0.05) is 7.05 Å². The average molecular weight is 287 g/mol. The predicted molar refractivity (Wildman–Crippen MR) is 82.7 cm³/mol. The maximum atomic E-state index is 12.0. The third-order valence-corrected chi connectivity index (χ3v) is 3.34. The molecule has 1 amide bonds. The summed E-state index contributed by atoms with van der Waals surface area (Å²) in [6, 6.07) is 5.90. The molecule has 0 aliphatic carbocycles. The molecule has 0 atom stereocenters. The number of nitrogens with zero attached hydrogens (tertiary/aromatic N) is 2. The van der Waals surface area contributed by atoms with Crippen LogP contribution in [0.15, 0.2) is 18.2 Å². The molecule has 0 saturated carbocycles. The standard InChI is InChI=1S/C16H21N3O2/c1-10-6-11(2)8-14(7-10)21-9-15(20)17-16-12(3)18-19(5)13(16)4/h6-8H,9H2,1-5H3,(H,17,20). The zero-order valence-corrected chi connectivity index (χ0v) is 13.2. The van der Waals surface area contributed by atoms with Crippen LogP contribution >= 0.6 is 0 Å². The molecule has 1 N–H and O–H groups in total. The molecule has 0 saturated heterocycles. The Morgan fingerprint density at radius 3 is 2.33 bits per heavy atom. The van der Waals surface area contributed by atoms with E-state index in [1.807, 2.05) is 46.9 Å². The van der Waals surface area contributed by atoms with Gasteiger partial charge in [0.1, 0.15) is 5.75 Å². The lowest BCUT2D eigenvalue weighted by Crippen LogP contribution is -2.21. The average Bonchev–Trinajstić information content (AvgIpc) is 2.62. The van der Waals surface area contributed by atoms with Crippen molar-refractivity contribution >= 4 is 11.6 Å². The Hall–Kier alpha value is -2.30. The minimum absolute atomic E-state index is 0.0172. The van der Waals surface area contributed by atoms with E-state index in [0.29, 0.717) is 5.75 Å². The number of anilines is 1. The summed E-state index contributed by atoms with van der Waals surface area (Å²) in [6.45, 7) is 7.77. The summed E-state index contributed by atoms with van der Waals surface area (Å²) in [6.07, 6.45) is 0. The van der Waals surface area contributed by atoms with E-state index in [1.54, 1.807) is 4.68 Å². The molecule has 5 heteroatoms. The molecular formula is C16H21N3O2. The molecule has 0 fully saturated rings. The molecule has 1 aromatic heterocycles. The van der Waals surface area contributed by atoms with Crippen LogP contribution < -0.4 is 10.1 Å². The van der Waals surface area contributed by atoms with Crippen LogP contribution in [0.4, 0.5) is 5.69 Å². The minimum Gasteiger partial charge on any atom is -0.484 e. The summed E-state index contributed by atoms with van der Waals surface area (Å²) in [7, 11) is 1.85. The maximum Gasteiger partial charge on any atom is 0.262 e. The number of amides is 1. The quantitative estimate of drug-likeness (QED) is 0.940. The van der Waals surface area contributed by atoms with E-state index in [2.05, 4.69) is 16.5 Å². The molecule has 0 aliphatic heterocycles. The number of benzene rings is 1. The second-order valence-electron chi connectivity index (χ2n) is 5.33. The molecular weight excluding hydrogens is 266 g/mol. The summed E-state index contributed by atoms with van der Waals surface area (Å²) < 4.78 is 7.29. The number of nitrogens with one attached hydrogen (secondary N) is 1. The Morgan fingerprint density at radius 2 is 1.81 bits per heavy atom. The second-order valence-corrected chi connectivity index (χ2v) is 5.33. The van der Waals surface area contributed by atoms with E-state index < -0.39 is 0 Å². The van der Waals surface area contributed by atoms with E-state index in [4.69, 9.17) is 4.74 Å². The molecule has 2 aromatic rings. The van der Waals surface area contributed by atoms with Crippen molar-refractivity contribution in [2.24, 2.45) is 7.05 Å². The predicted octanol–water partition coefficient (Wildman–Crippen LogP) is 2.67. The fraction of sp³-hybridized carbons (Fsp3) is 0.375. The van der Waals surface area contributed by atoms with Crippen LogP contribution in [-0.2, 0) is 11.8 Å². The zero-order valence-electron chi connectivity index (χ0n) is 13.2. The Bertz CT molecular complexity index is 654. The third kappa shape index (κ3) is 3.62. The Morgan fingerprint density at radius 1 is 1.19 bits per heavy atom. The molecule has 5 nitrogen and oxygen atoms in total. The lowest BCUT2D eigenvalue weighted by molar-refractivity contribution is -0.118. The van der Waals surface area contributed by atoms with Crippen molar-refractivity contribution in [2.45, 2.75) is 27.7 Å². The number of carbonyl (C=O) groups excluding carboxylic acids is 1. The van der Waals surface area contributed by atoms with Gasteiger partial charge in [0.25, 0.3) is 5.91 Å². The van der Waals surface area contributed by atoms with Crippen LogP contribution in [0, 0.1) is 27.7 Å². The first kappa shape index (κ1) is 15.1. The van der Waals surface area contributed by atoms with E-state index in [9.17, 15) is 4.79 Å². The van der Waals surface area contributed by atoms with Gasteiger partial charge in [-0.15, -0.1) is 0 Å². The number of hydrogen-bond donors (Lipinski definition) is 1. The van der Waals surface area contributed by atoms with Crippen LogP contribution in [0.3, 0.4) is 0 Å². The number of aromatic nitrogens is 2. The van der Waals surface area contributed by atoms with E-state index >= 15 is 0 Å². The number of carbonyl (C=O) groups is 1. The molecule has 0 radical (unpaired) electrons. The van der Waals surface area contributed by atoms with Gasteiger partial charge in [-0.25, -0.2) is 0 Å². The summed E-state index contributed by atoms with van der Waals surface area (Å²) in [5.41, 5.74) is 4.71. The molecule has 0 aliphatic rings. The number of ether oxygens (including phenoxy) is 1. The molecule has 21 heavy (non-hydrogen) atoms. The highest BCUT2D eigenvalue weighted by atomic mass is 16.5. The van der Waals surface area contributed by atoms with Crippen molar-refractivity contribution in [3.8, 4) is 5.75 Å². The van der Waals surface area contributed by atoms with Crippen molar-refractivity contribution in [3.63, 3.8) is 0 Å². The fourth-order valence-electron chi connectivity index (χ4n) is 2.30. The molecule has 0 bridgehead atoms. The van der Waals surface area contributed by atoms with Crippen molar-refractivity contribution in [1.82, 2.24) is 9.78 Å². The fourth-order valence-corrected chi connectivity index (χ4v) is 2.30. The van der Waals surface area contributed by atoms with Gasteiger partial charge in [0.2, 0.25) is 0 Å². The molecule has 0 spiro atoms. The van der Waals surface area contributed by atoms with Gasteiger partial charge < -0.3 is 10.1 Å². The molecule has 0 unspecified atom stereocenters. The van der Waals surface area contributed by atoms with E-state index in [0.717, 1.165) is 28.2 Å². The van der Waals surface area contributed by atoms with Crippen LogP contribution in [-0.4, -0.2) is 22.3 Å². The van der Waals surface area contributed by atoms with Gasteiger partial charge in [-0.2, -0.15) is 5.10 Å². The minimum atomic E-state index is -0.187. The Kier molecular flexibility index (Phi) is 4.31. The van der Waals surface area contributed by atoms with Crippen LogP contribution in [0.5, 0.6) is 5.75 Å². The van der Waals surface area contributed by atoms with Gasteiger partial charge >= 0.3 is 0 Å².